The fraction of sp³-hybridized carbons (Fsp3) is 0.226. The molecule has 162 valence electrons. The number of hydrogen-bond donors (Lipinski definition) is 0. The van der Waals surface area contributed by atoms with E-state index in [0.717, 1.165) is 29.5 Å². The van der Waals surface area contributed by atoms with Gasteiger partial charge in [-0.1, -0.05) is 112 Å². The molecule has 0 radical (unpaired) electrons. The van der Waals surface area contributed by atoms with Gasteiger partial charge >= 0.3 is 0 Å². The van der Waals surface area contributed by atoms with E-state index in [1.54, 1.807) is 6.07 Å². The molecule has 0 unspecified atom stereocenters. The lowest BCUT2D eigenvalue weighted by Crippen LogP contribution is -1.89. The summed E-state index contributed by atoms with van der Waals surface area (Å²) in [5, 5.41) is 0. The Hall–Kier alpha value is -3.19. The second-order valence-corrected chi connectivity index (χ2v) is 8.48. The molecule has 0 aliphatic heterocycles. The van der Waals surface area contributed by atoms with E-state index in [0.29, 0.717) is 5.56 Å². The van der Waals surface area contributed by atoms with Crippen LogP contribution in [0.3, 0.4) is 0 Å². The van der Waals surface area contributed by atoms with Crippen molar-refractivity contribution in [3.05, 3.63) is 108 Å². The molecule has 1 heteroatoms. The number of aryl methyl sites for hydroxylation is 2. The summed E-state index contributed by atoms with van der Waals surface area (Å²) in [6.45, 7) is 4.38. The first-order valence-corrected chi connectivity index (χ1v) is 11.8. The molecular formula is C31H31F. The van der Waals surface area contributed by atoms with E-state index in [4.69, 9.17) is 0 Å². The molecule has 4 aromatic rings. The maximum absolute atomic E-state index is 15.0. The van der Waals surface area contributed by atoms with Gasteiger partial charge in [0.2, 0.25) is 0 Å². The van der Waals surface area contributed by atoms with Gasteiger partial charge in [-0.05, 0) is 64.3 Å². The van der Waals surface area contributed by atoms with Crippen LogP contribution in [0.2, 0.25) is 0 Å². The Morgan fingerprint density at radius 1 is 0.531 bits per heavy atom. The van der Waals surface area contributed by atoms with Crippen LogP contribution in [0.4, 0.5) is 4.39 Å². The highest BCUT2D eigenvalue weighted by molar-refractivity contribution is 5.73. The third-order valence-electron chi connectivity index (χ3n) is 6.22. The maximum atomic E-state index is 15.0. The van der Waals surface area contributed by atoms with E-state index >= 15 is 0 Å². The molecule has 0 aliphatic rings. The van der Waals surface area contributed by atoms with Crippen molar-refractivity contribution in [1.82, 2.24) is 0 Å². The smallest absolute Gasteiger partial charge is 0.131 e. The van der Waals surface area contributed by atoms with E-state index in [-0.39, 0.29) is 5.82 Å². The number of rotatable bonds is 8. The Bertz CT molecular complexity index is 1140. The predicted octanol–water partition coefficient (Wildman–Crippen LogP) is 9.12. The average molecular weight is 423 g/mol. The van der Waals surface area contributed by atoms with E-state index in [1.807, 2.05) is 24.3 Å². The minimum Gasteiger partial charge on any atom is -0.206 e. The second-order valence-electron chi connectivity index (χ2n) is 8.48. The number of halogens is 1. The number of hydrogen-bond acceptors (Lipinski definition) is 0. The van der Waals surface area contributed by atoms with Crippen molar-refractivity contribution in [2.45, 2.75) is 46.0 Å². The van der Waals surface area contributed by atoms with Crippen LogP contribution in [0, 0.1) is 5.82 Å². The van der Waals surface area contributed by atoms with Crippen molar-refractivity contribution in [2.75, 3.05) is 0 Å². The van der Waals surface area contributed by atoms with Crippen LogP contribution in [0.5, 0.6) is 0 Å². The highest BCUT2D eigenvalue weighted by atomic mass is 19.1. The van der Waals surface area contributed by atoms with Gasteiger partial charge in [-0.2, -0.15) is 0 Å². The van der Waals surface area contributed by atoms with Crippen LogP contribution in [0.25, 0.3) is 33.4 Å². The third kappa shape index (κ3) is 5.16. The Morgan fingerprint density at radius 3 is 1.59 bits per heavy atom. The van der Waals surface area contributed by atoms with Gasteiger partial charge in [0.15, 0.2) is 0 Å². The van der Waals surface area contributed by atoms with E-state index in [9.17, 15) is 4.39 Å². The normalized spacial score (nSPS) is 11.0. The molecule has 0 heterocycles. The van der Waals surface area contributed by atoms with Crippen molar-refractivity contribution in [3.63, 3.8) is 0 Å². The Balaban J connectivity index is 1.50. The number of benzene rings is 4. The third-order valence-corrected chi connectivity index (χ3v) is 6.22. The van der Waals surface area contributed by atoms with Gasteiger partial charge < -0.3 is 0 Å². The minimum atomic E-state index is -0.180. The SMILES string of the molecule is CCCCCc1ccc(-c2ccc(-c3ccc(-c4ccc(CC)cc4)cc3)cc2F)cc1. The highest BCUT2D eigenvalue weighted by Gasteiger charge is 2.08. The van der Waals surface area contributed by atoms with Crippen molar-refractivity contribution in [1.29, 1.82) is 0 Å². The molecular weight excluding hydrogens is 391 g/mol. The van der Waals surface area contributed by atoms with Crippen LogP contribution in [-0.4, -0.2) is 0 Å². The summed E-state index contributed by atoms with van der Waals surface area (Å²) in [6.07, 6.45) is 5.83. The van der Waals surface area contributed by atoms with Crippen molar-refractivity contribution in [2.24, 2.45) is 0 Å². The van der Waals surface area contributed by atoms with Crippen LogP contribution in [0.1, 0.15) is 44.2 Å². The molecule has 0 N–H and O–H groups in total. The molecule has 0 atom stereocenters. The van der Waals surface area contributed by atoms with E-state index in [2.05, 4.69) is 74.5 Å². The van der Waals surface area contributed by atoms with Crippen molar-refractivity contribution < 1.29 is 4.39 Å². The fourth-order valence-electron chi connectivity index (χ4n) is 4.15. The minimum absolute atomic E-state index is 0.180. The molecule has 32 heavy (non-hydrogen) atoms. The summed E-state index contributed by atoms with van der Waals surface area (Å²) < 4.78 is 15.0. The lowest BCUT2D eigenvalue weighted by atomic mass is 9.96. The van der Waals surface area contributed by atoms with Crippen molar-refractivity contribution >= 4 is 0 Å². The summed E-state index contributed by atoms with van der Waals surface area (Å²) in [6, 6.07) is 30.9. The summed E-state index contributed by atoms with van der Waals surface area (Å²) in [7, 11) is 0. The average Bonchev–Trinajstić information content (AvgIpc) is 2.85. The topological polar surface area (TPSA) is 0 Å². The zero-order chi connectivity index (χ0) is 22.3. The van der Waals surface area contributed by atoms with Gasteiger partial charge in [0.05, 0.1) is 0 Å². The monoisotopic (exact) mass is 422 g/mol. The molecule has 4 aromatic carbocycles. The predicted molar refractivity (Wildman–Crippen MR) is 135 cm³/mol. The van der Waals surface area contributed by atoms with Gasteiger partial charge in [-0.25, -0.2) is 4.39 Å². The second kappa shape index (κ2) is 10.4. The van der Waals surface area contributed by atoms with Crippen LogP contribution < -0.4 is 0 Å². The first kappa shape index (κ1) is 22.0. The first-order valence-electron chi connectivity index (χ1n) is 11.8. The molecule has 4 rings (SSSR count). The molecule has 0 spiro atoms. The molecule has 0 fully saturated rings. The van der Waals surface area contributed by atoms with Crippen molar-refractivity contribution in [3.8, 4) is 33.4 Å². The summed E-state index contributed by atoms with van der Waals surface area (Å²) >= 11 is 0. The molecule has 0 bridgehead atoms. The van der Waals surface area contributed by atoms with Gasteiger partial charge in [0.25, 0.3) is 0 Å². The maximum Gasteiger partial charge on any atom is 0.131 e. The summed E-state index contributed by atoms with van der Waals surface area (Å²) in [5.74, 6) is -0.180. The Labute approximate surface area is 191 Å². The molecule has 0 saturated heterocycles. The quantitative estimate of drug-likeness (QED) is 0.248. The number of unbranched alkanes of at least 4 members (excludes halogenated alkanes) is 2. The Morgan fingerprint density at radius 2 is 1.03 bits per heavy atom. The van der Waals surface area contributed by atoms with E-state index < -0.39 is 0 Å². The largest absolute Gasteiger partial charge is 0.206 e. The van der Waals surface area contributed by atoms with Crippen LogP contribution >= 0.6 is 0 Å². The molecule has 0 aromatic heterocycles. The van der Waals surface area contributed by atoms with Gasteiger partial charge in [0, 0.05) is 5.56 Å². The molecule has 0 saturated carbocycles. The van der Waals surface area contributed by atoms with Crippen LogP contribution in [0.15, 0.2) is 91.0 Å². The zero-order valence-corrected chi connectivity index (χ0v) is 19.1. The summed E-state index contributed by atoms with van der Waals surface area (Å²) in [4.78, 5) is 0. The molecule has 0 aliphatic carbocycles. The van der Waals surface area contributed by atoms with Crippen LogP contribution in [-0.2, 0) is 12.8 Å². The zero-order valence-electron chi connectivity index (χ0n) is 19.1. The summed E-state index contributed by atoms with van der Waals surface area (Å²) in [5.41, 5.74) is 8.54. The first-order chi connectivity index (χ1) is 15.7. The van der Waals surface area contributed by atoms with E-state index in [1.165, 1.54) is 41.5 Å². The van der Waals surface area contributed by atoms with Gasteiger partial charge in [-0.3, -0.25) is 0 Å². The molecule has 0 amide bonds. The lowest BCUT2D eigenvalue weighted by Gasteiger charge is -2.09. The van der Waals surface area contributed by atoms with Gasteiger partial charge in [0.1, 0.15) is 5.82 Å². The highest BCUT2D eigenvalue weighted by Crippen LogP contribution is 2.30. The Kier molecular flexibility index (Phi) is 7.17. The lowest BCUT2D eigenvalue weighted by molar-refractivity contribution is 0.632. The fourth-order valence-corrected chi connectivity index (χ4v) is 4.15. The standard InChI is InChI=1S/C31H31F/c1-3-5-6-7-24-10-14-28(15-11-24)30-21-20-29(22-31(30)32)27-18-16-26(17-19-27)25-12-8-23(4-2)9-13-25/h8-22H,3-7H2,1-2H3. The molecule has 0 nitrogen and oxygen atoms in total. The van der Waals surface area contributed by atoms with Gasteiger partial charge in [-0.15, -0.1) is 0 Å².